The molecule has 4 nitrogen and oxygen atoms in total. The molecule has 0 saturated carbocycles. The summed E-state index contributed by atoms with van der Waals surface area (Å²) in [5.41, 5.74) is 2.01. The molecule has 0 amide bonds. The van der Waals surface area contributed by atoms with Crippen molar-refractivity contribution in [2.75, 3.05) is 11.7 Å². The quantitative estimate of drug-likeness (QED) is 0.811. The molecule has 1 fully saturated rings. The Morgan fingerprint density at radius 1 is 1.10 bits per heavy atom. The molecule has 1 saturated heterocycles. The van der Waals surface area contributed by atoms with Gasteiger partial charge in [-0.3, -0.25) is 9.63 Å². The first kappa shape index (κ1) is 13.6. The summed E-state index contributed by atoms with van der Waals surface area (Å²) >= 11 is 0. The highest BCUT2D eigenvalue weighted by molar-refractivity contribution is 5.66. The van der Waals surface area contributed by atoms with Crippen molar-refractivity contribution in [2.45, 2.75) is 19.1 Å². The first-order chi connectivity index (χ1) is 10.3. The summed E-state index contributed by atoms with van der Waals surface area (Å²) in [7, 11) is 0. The Labute approximate surface area is 123 Å². The van der Waals surface area contributed by atoms with Crippen LogP contribution in [0.2, 0.25) is 0 Å². The highest BCUT2D eigenvalue weighted by Crippen LogP contribution is 2.36. The van der Waals surface area contributed by atoms with Crippen molar-refractivity contribution >= 4 is 11.7 Å². The van der Waals surface area contributed by atoms with E-state index in [1.54, 1.807) is 0 Å². The Bertz CT molecular complexity index is 600. The van der Waals surface area contributed by atoms with Gasteiger partial charge in [0.2, 0.25) is 0 Å². The second-order valence-electron chi connectivity index (χ2n) is 4.96. The topological polar surface area (TPSA) is 38.8 Å². The average Bonchev–Trinajstić information content (AvgIpc) is 2.92. The van der Waals surface area contributed by atoms with Crippen molar-refractivity contribution in [1.82, 2.24) is 0 Å². The molecule has 2 aromatic rings. The van der Waals surface area contributed by atoms with Crippen molar-refractivity contribution in [3.8, 4) is 0 Å². The minimum Gasteiger partial charge on any atom is -0.457 e. The van der Waals surface area contributed by atoms with E-state index in [2.05, 4.69) is 0 Å². The van der Waals surface area contributed by atoms with Crippen molar-refractivity contribution in [1.29, 1.82) is 0 Å². The summed E-state index contributed by atoms with van der Waals surface area (Å²) in [5.74, 6) is -0.292. The maximum atomic E-state index is 11.3. The lowest BCUT2D eigenvalue weighted by Crippen LogP contribution is -2.29. The smallest absolute Gasteiger partial charge is 0.303 e. The van der Waals surface area contributed by atoms with Crippen molar-refractivity contribution in [2.24, 2.45) is 0 Å². The molecule has 0 radical (unpaired) electrons. The average molecular weight is 283 g/mol. The van der Waals surface area contributed by atoms with Gasteiger partial charge in [0.05, 0.1) is 5.69 Å². The molecule has 2 aromatic carbocycles. The maximum Gasteiger partial charge on any atom is 0.303 e. The molecule has 1 aliphatic heterocycles. The zero-order chi connectivity index (χ0) is 14.7. The molecular weight excluding hydrogens is 266 g/mol. The van der Waals surface area contributed by atoms with Crippen molar-refractivity contribution in [3.63, 3.8) is 0 Å². The Morgan fingerprint density at radius 2 is 1.71 bits per heavy atom. The van der Waals surface area contributed by atoms with E-state index >= 15 is 0 Å². The Hall–Kier alpha value is -2.33. The van der Waals surface area contributed by atoms with Crippen molar-refractivity contribution < 1.29 is 14.4 Å². The van der Waals surface area contributed by atoms with Crippen LogP contribution in [-0.2, 0) is 14.4 Å². The third-order valence-corrected chi connectivity index (χ3v) is 3.45. The highest BCUT2D eigenvalue weighted by atomic mass is 16.7. The number of benzene rings is 2. The Kier molecular flexibility index (Phi) is 3.88. The molecule has 1 aliphatic rings. The number of carbonyl (C=O) groups excluding carboxylic acids is 1. The largest absolute Gasteiger partial charge is 0.457 e. The Morgan fingerprint density at radius 3 is 2.33 bits per heavy atom. The van der Waals surface area contributed by atoms with Crippen LogP contribution in [-0.4, -0.2) is 18.7 Å². The first-order valence-electron chi connectivity index (χ1n) is 6.95. The van der Waals surface area contributed by atoms with Gasteiger partial charge in [-0.15, -0.1) is 0 Å². The van der Waals surface area contributed by atoms with Crippen LogP contribution in [0.5, 0.6) is 0 Å². The minimum absolute atomic E-state index is 0.141. The van der Waals surface area contributed by atoms with E-state index in [1.165, 1.54) is 6.92 Å². The first-order valence-corrected chi connectivity index (χ1v) is 6.95. The maximum absolute atomic E-state index is 11.3. The number of ether oxygens (including phenoxy) is 1. The van der Waals surface area contributed by atoms with Crippen LogP contribution < -0.4 is 5.06 Å². The number of nitrogens with zero attached hydrogens (tertiary/aromatic N) is 1. The molecule has 1 heterocycles. The lowest BCUT2D eigenvalue weighted by atomic mass is 10.0. The monoisotopic (exact) mass is 283 g/mol. The molecule has 0 aliphatic carbocycles. The number of rotatable bonds is 3. The van der Waals surface area contributed by atoms with E-state index in [0.717, 1.165) is 11.3 Å². The molecule has 108 valence electrons. The van der Waals surface area contributed by atoms with Crippen molar-refractivity contribution in [3.05, 3.63) is 66.2 Å². The van der Waals surface area contributed by atoms with Gasteiger partial charge in [0, 0.05) is 6.92 Å². The summed E-state index contributed by atoms with van der Waals surface area (Å²) in [6.45, 7) is 1.78. The van der Waals surface area contributed by atoms with Gasteiger partial charge < -0.3 is 4.74 Å². The normalized spacial score (nSPS) is 21.3. The van der Waals surface area contributed by atoms with E-state index in [0.29, 0.717) is 6.61 Å². The molecule has 0 aromatic heterocycles. The van der Waals surface area contributed by atoms with Crippen LogP contribution in [0.1, 0.15) is 18.5 Å². The Balaban J connectivity index is 1.95. The van der Waals surface area contributed by atoms with Gasteiger partial charge >= 0.3 is 5.97 Å². The molecule has 0 spiro atoms. The summed E-state index contributed by atoms with van der Waals surface area (Å²) in [6, 6.07) is 19.6. The summed E-state index contributed by atoms with van der Waals surface area (Å²) in [5, 5.41) is 1.82. The summed E-state index contributed by atoms with van der Waals surface area (Å²) in [6.07, 6.45) is -0.315. The number of hydrogen-bond acceptors (Lipinski definition) is 4. The van der Waals surface area contributed by atoms with Gasteiger partial charge in [-0.05, 0) is 17.7 Å². The van der Waals surface area contributed by atoms with E-state index in [-0.39, 0.29) is 18.1 Å². The van der Waals surface area contributed by atoms with Crippen LogP contribution in [0.15, 0.2) is 60.7 Å². The van der Waals surface area contributed by atoms with Gasteiger partial charge in [0.25, 0.3) is 0 Å². The van der Waals surface area contributed by atoms with Gasteiger partial charge in [0.1, 0.15) is 12.6 Å². The fourth-order valence-corrected chi connectivity index (χ4v) is 2.60. The number of para-hydroxylation sites is 1. The van der Waals surface area contributed by atoms with Crippen LogP contribution in [0.25, 0.3) is 0 Å². The van der Waals surface area contributed by atoms with Gasteiger partial charge in [0.15, 0.2) is 6.10 Å². The SMILES string of the molecule is CC(=O)O[C@@H]1CON(c2ccccc2)[C@@H]1c1ccccc1. The van der Waals surface area contributed by atoms with E-state index in [4.69, 9.17) is 9.57 Å². The van der Waals surface area contributed by atoms with Crippen LogP contribution in [0.4, 0.5) is 5.69 Å². The van der Waals surface area contributed by atoms with E-state index in [9.17, 15) is 4.79 Å². The van der Waals surface area contributed by atoms with Gasteiger partial charge in [-0.25, -0.2) is 5.06 Å². The molecule has 3 rings (SSSR count). The molecule has 0 bridgehead atoms. The molecule has 0 N–H and O–H groups in total. The third kappa shape index (κ3) is 2.90. The number of hydrogen-bond donors (Lipinski definition) is 0. The fourth-order valence-electron chi connectivity index (χ4n) is 2.60. The zero-order valence-electron chi connectivity index (χ0n) is 11.8. The van der Waals surface area contributed by atoms with Gasteiger partial charge in [-0.1, -0.05) is 48.5 Å². The summed E-state index contributed by atoms with van der Waals surface area (Å²) < 4.78 is 5.42. The van der Waals surface area contributed by atoms with Gasteiger partial charge in [-0.2, -0.15) is 0 Å². The van der Waals surface area contributed by atoms with Crippen LogP contribution in [0.3, 0.4) is 0 Å². The molecule has 2 atom stereocenters. The predicted octanol–water partition coefficient (Wildman–Crippen LogP) is 3.11. The standard InChI is InChI=1S/C17H17NO3/c1-13(19)21-16-12-20-18(15-10-6-3-7-11-15)17(16)14-8-4-2-5-9-14/h2-11,16-17H,12H2,1H3/t16-,17-/m1/s1. The molecule has 0 unspecified atom stereocenters. The minimum atomic E-state index is -0.315. The summed E-state index contributed by atoms with van der Waals surface area (Å²) in [4.78, 5) is 17.1. The molecule has 4 heteroatoms. The second-order valence-corrected chi connectivity index (χ2v) is 4.96. The second kappa shape index (κ2) is 5.97. The number of anilines is 1. The third-order valence-electron chi connectivity index (χ3n) is 3.45. The molecular formula is C17H17NO3. The van der Waals surface area contributed by atoms with E-state index in [1.807, 2.05) is 65.7 Å². The zero-order valence-corrected chi connectivity index (χ0v) is 11.8. The number of esters is 1. The number of carbonyl (C=O) groups is 1. The van der Waals surface area contributed by atoms with E-state index < -0.39 is 0 Å². The van der Waals surface area contributed by atoms with Crippen LogP contribution in [0, 0.1) is 0 Å². The van der Waals surface area contributed by atoms with Crippen LogP contribution >= 0.6 is 0 Å². The highest BCUT2D eigenvalue weighted by Gasteiger charge is 2.39. The lowest BCUT2D eigenvalue weighted by molar-refractivity contribution is -0.146. The molecule has 21 heavy (non-hydrogen) atoms. The fraction of sp³-hybridized carbons (Fsp3) is 0.235. The lowest BCUT2D eigenvalue weighted by Gasteiger charge is -2.27. The predicted molar refractivity (Wildman–Crippen MR) is 79.6 cm³/mol. The number of hydroxylamine groups is 1.